The Morgan fingerprint density at radius 3 is 2.92 bits per heavy atom. The maximum absolute atomic E-state index is 13.2. The first kappa shape index (κ1) is 7.98. The van der Waals surface area contributed by atoms with E-state index in [1.54, 1.807) is 19.1 Å². The molecule has 0 radical (unpaired) electrons. The van der Waals surface area contributed by atoms with Crippen LogP contribution in [0.5, 0.6) is 5.75 Å². The first-order valence-electron chi connectivity index (χ1n) is 3.93. The van der Waals surface area contributed by atoms with Gasteiger partial charge in [0, 0.05) is 5.39 Å². The third kappa shape index (κ3) is 1.22. The number of fused-ring (bicyclic) bond motifs is 1. The maximum Gasteiger partial charge on any atom is 0.149 e. The molecule has 66 valence electrons. The van der Waals surface area contributed by atoms with Gasteiger partial charge in [-0.15, -0.1) is 0 Å². The standard InChI is InChI=1S/C10H8FNO/c1-6-9(13)5-7-3-2-4-8(11)10(7)12-6/h2-5,13H,1H3. The van der Waals surface area contributed by atoms with Crippen molar-refractivity contribution in [1.82, 2.24) is 4.98 Å². The van der Waals surface area contributed by atoms with Gasteiger partial charge in [-0.1, -0.05) is 12.1 Å². The molecule has 0 amide bonds. The molecule has 2 rings (SSSR count). The molecule has 0 atom stereocenters. The van der Waals surface area contributed by atoms with Crippen LogP contribution >= 0.6 is 0 Å². The average molecular weight is 177 g/mol. The topological polar surface area (TPSA) is 33.1 Å². The number of hydrogen-bond acceptors (Lipinski definition) is 2. The van der Waals surface area contributed by atoms with Gasteiger partial charge in [-0.25, -0.2) is 9.37 Å². The van der Waals surface area contributed by atoms with E-state index in [1.807, 2.05) is 0 Å². The third-order valence-corrected chi connectivity index (χ3v) is 1.96. The van der Waals surface area contributed by atoms with E-state index in [0.29, 0.717) is 16.6 Å². The molecule has 0 saturated heterocycles. The van der Waals surface area contributed by atoms with Crippen LogP contribution in [0, 0.1) is 12.7 Å². The van der Waals surface area contributed by atoms with Crippen LogP contribution < -0.4 is 0 Å². The Balaban J connectivity index is 2.89. The predicted molar refractivity (Wildman–Crippen MR) is 48.1 cm³/mol. The van der Waals surface area contributed by atoms with Crippen molar-refractivity contribution in [2.75, 3.05) is 0 Å². The molecule has 1 heterocycles. The van der Waals surface area contributed by atoms with Crippen LogP contribution in [0.2, 0.25) is 0 Å². The molecule has 3 heteroatoms. The molecule has 0 bridgehead atoms. The smallest absolute Gasteiger partial charge is 0.149 e. The largest absolute Gasteiger partial charge is 0.506 e. The summed E-state index contributed by atoms with van der Waals surface area (Å²) in [5.74, 6) is -0.265. The summed E-state index contributed by atoms with van der Waals surface area (Å²) in [6, 6.07) is 6.17. The first-order valence-corrected chi connectivity index (χ1v) is 3.93. The molecule has 1 aromatic carbocycles. The van der Waals surface area contributed by atoms with Gasteiger partial charge < -0.3 is 5.11 Å². The molecule has 0 fully saturated rings. The SMILES string of the molecule is Cc1nc2c(F)cccc2cc1O. The molecule has 0 aliphatic rings. The minimum absolute atomic E-state index is 0.0955. The van der Waals surface area contributed by atoms with Crippen molar-refractivity contribution in [3.8, 4) is 5.75 Å². The number of halogens is 1. The van der Waals surface area contributed by atoms with E-state index in [4.69, 9.17) is 0 Å². The van der Waals surface area contributed by atoms with Gasteiger partial charge in [0.1, 0.15) is 17.1 Å². The van der Waals surface area contributed by atoms with Crippen molar-refractivity contribution in [2.24, 2.45) is 0 Å². The molecule has 2 aromatic rings. The minimum atomic E-state index is -0.361. The highest BCUT2D eigenvalue weighted by Crippen LogP contribution is 2.22. The van der Waals surface area contributed by atoms with Crippen LogP contribution in [0.15, 0.2) is 24.3 Å². The zero-order valence-electron chi connectivity index (χ0n) is 7.08. The zero-order valence-corrected chi connectivity index (χ0v) is 7.08. The fourth-order valence-electron chi connectivity index (χ4n) is 1.24. The number of benzene rings is 1. The molecule has 0 aliphatic heterocycles. The fourth-order valence-corrected chi connectivity index (χ4v) is 1.24. The number of para-hydroxylation sites is 1. The monoisotopic (exact) mass is 177 g/mol. The number of aromatic nitrogens is 1. The lowest BCUT2D eigenvalue weighted by Gasteiger charge is -2.01. The van der Waals surface area contributed by atoms with E-state index in [2.05, 4.69) is 4.98 Å². The Kier molecular flexibility index (Phi) is 1.65. The molecule has 0 spiro atoms. The predicted octanol–water partition coefficient (Wildman–Crippen LogP) is 2.39. The van der Waals surface area contributed by atoms with Gasteiger partial charge in [-0.05, 0) is 19.1 Å². The summed E-state index contributed by atoms with van der Waals surface area (Å²) in [4.78, 5) is 3.95. The van der Waals surface area contributed by atoms with Gasteiger partial charge in [0.05, 0.1) is 5.69 Å². The molecule has 2 nitrogen and oxygen atoms in total. The quantitative estimate of drug-likeness (QED) is 0.670. The average Bonchev–Trinajstić information content (AvgIpc) is 2.09. The summed E-state index contributed by atoms with van der Waals surface area (Å²) in [7, 11) is 0. The van der Waals surface area contributed by atoms with Crippen LogP contribution in [-0.4, -0.2) is 10.1 Å². The Bertz CT molecular complexity index is 468. The van der Waals surface area contributed by atoms with E-state index in [0.717, 1.165) is 0 Å². The van der Waals surface area contributed by atoms with E-state index in [1.165, 1.54) is 12.1 Å². The van der Waals surface area contributed by atoms with Crippen molar-refractivity contribution in [3.63, 3.8) is 0 Å². The van der Waals surface area contributed by atoms with E-state index in [9.17, 15) is 9.50 Å². The summed E-state index contributed by atoms with van der Waals surface area (Å²) in [5, 5.41) is 9.94. The number of hydrogen-bond donors (Lipinski definition) is 1. The number of aromatic hydroxyl groups is 1. The van der Waals surface area contributed by atoms with Crippen LogP contribution in [-0.2, 0) is 0 Å². The third-order valence-electron chi connectivity index (χ3n) is 1.96. The molecule has 0 aliphatic carbocycles. The van der Waals surface area contributed by atoms with Crippen LogP contribution in [0.4, 0.5) is 4.39 Å². The van der Waals surface area contributed by atoms with Crippen molar-refractivity contribution >= 4 is 10.9 Å². The Hall–Kier alpha value is -1.64. The van der Waals surface area contributed by atoms with Crippen molar-refractivity contribution in [3.05, 3.63) is 35.8 Å². The lowest BCUT2D eigenvalue weighted by molar-refractivity contribution is 0.469. The molecule has 13 heavy (non-hydrogen) atoms. The molecular formula is C10H8FNO. The summed E-state index contributed by atoms with van der Waals surface area (Å²) < 4.78 is 13.2. The normalized spacial score (nSPS) is 10.6. The van der Waals surface area contributed by atoms with Crippen molar-refractivity contribution in [1.29, 1.82) is 0 Å². The van der Waals surface area contributed by atoms with Crippen LogP contribution in [0.1, 0.15) is 5.69 Å². The van der Waals surface area contributed by atoms with Gasteiger partial charge in [0.15, 0.2) is 0 Å². The number of pyridine rings is 1. The minimum Gasteiger partial charge on any atom is -0.506 e. The Labute approximate surface area is 74.7 Å². The Morgan fingerprint density at radius 1 is 1.38 bits per heavy atom. The maximum atomic E-state index is 13.2. The second-order valence-electron chi connectivity index (χ2n) is 2.90. The van der Waals surface area contributed by atoms with Crippen LogP contribution in [0.25, 0.3) is 10.9 Å². The molecular weight excluding hydrogens is 169 g/mol. The lowest BCUT2D eigenvalue weighted by atomic mass is 10.2. The number of rotatable bonds is 0. The van der Waals surface area contributed by atoms with Gasteiger partial charge in [0.25, 0.3) is 0 Å². The van der Waals surface area contributed by atoms with Gasteiger partial charge >= 0.3 is 0 Å². The van der Waals surface area contributed by atoms with Crippen molar-refractivity contribution < 1.29 is 9.50 Å². The van der Waals surface area contributed by atoms with Crippen molar-refractivity contribution in [2.45, 2.75) is 6.92 Å². The number of nitrogens with zero attached hydrogens (tertiary/aromatic N) is 1. The second kappa shape index (κ2) is 2.69. The second-order valence-corrected chi connectivity index (χ2v) is 2.90. The zero-order chi connectivity index (χ0) is 9.42. The summed E-state index contributed by atoms with van der Waals surface area (Å²) in [5.41, 5.74) is 0.746. The number of aryl methyl sites for hydroxylation is 1. The summed E-state index contributed by atoms with van der Waals surface area (Å²) in [6.45, 7) is 1.64. The van der Waals surface area contributed by atoms with E-state index in [-0.39, 0.29) is 11.6 Å². The van der Waals surface area contributed by atoms with Gasteiger partial charge in [-0.2, -0.15) is 0 Å². The first-order chi connectivity index (χ1) is 6.18. The fraction of sp³-hybridized carbons (Fsp3) is 0.100. The van der Waals surface area contributed by atoms with E-state index < -0.39 is 0 Å². The summed E-state index contributed by atoms with van der Waals surface area (Å²) in [6.07, 6.45) is 0. The van der Waals surface area contributed by atoms with Crippen LogP contribution in [0.3, 0.4) is 0 Å². The van der Waals surface area contributed by atoms with E-state index >= 15 is 0 Å². The molecule has 1 aromatic heterocycles. The highest BCUT2D eigenvalue weighted by molar-refractivity contribution is 5.80. The molecule has 1 N–H and O–H groups in total. The van der Waals surface area contributed by atoms with Gasteiger partial charge in [-0.3, -0.25) is 0 Å². The highest BCUT2D eigenvalue weighted by Gasteiger charge is 2.04. The molecule has 0 unspecified atom stereocenters. The summed E-state index contributed by atoms with van der Waals surface area (Å²) >= 11 is 0. The highest BCUT2D eigenvalue weighted by atomic mass is 19.1. The lowest BCUT2D eigenvalue weighted by Crippen LogP contribution is -1.87. The van der Waals surface area contributed by atoms with Gasteiger partial charge in [0.2, 0.25) is 0 Å². The Morgan fingerprint density at radius 2 is 2.15 bits per heavy atom. The molecule has 0 saturated carbocycles.